The number of nitrogens with one attached hydrogen (secondary N) is 1. The Kier molecular flexibility index (Phi) is 6.01. The molecule has 2 heterocycles. The molecule has 0 amide bonds. The molecule has 5 aromatic rings. The van der Waals surface area contributed by atoms with Gasteiger partial charge in [-0.15, -0.1) is 10.2 Å². The Bertz CT molecular complexity index is 1670. The lowest BCUT2D eigenvalue weighted by Gasteiger charge is -2.16. The smallest absolute Gasteiger partial charge is 0.227 e. The number of aliphatic hydroxyl groups excluding tert-OH is 1. The number of nitrogens with zero attached hydrogens (tertiary/aromatic N) is 4. The zero-order valence-electron chi connectivity index (χ0n) is 21.8. The number of benzene rings is 3. The normalized spacial score (nSPS) is 19.3. The summed E-state index contributed by atoms with van der Waals surface area (Å²) >= 11 is 0. The minimum Gasteiger partial charge on any atom is -0.436 e. The highest BCUT2D eigenvalue weighted by molar-refractivity contribution is 5.84. The van der Waals surface area contributed by atoms with Crippen LogP contribution in [0.15, 0.2) is 65.3 Å². The van der Waals surface area contributed by atoms with E-state index >= 15 is 0 Å². The zero-order valence-corrected chi connectivity index (χ0v) is 21.8. The van der Waals surface area contributed by atoms with Gasteiger partial charge in [0.15, 0.2) is 11.4 Å². The molecule has 0 unspecified atom stereocenters. The van der Waals surface area contributed by atoms with E-state index < -0.39 is 0 Å². The molecule has 39 heavy (non-hydrogen) atoms. The molecule has 2 saturated carbocycles. The van der Waals surface area contributed by atoms with Gasteiger partial charge in [-0.1, -0.05) is 24.3 Å². The highest BCUT2D eigenvalue weighted by Gasteiger charge is 2.29. The van der Waals surface area contributed by atoms with Gasteiger partial charge in [0.25, 0.3) is 0 Å². The van der Waals surface area contributed by atoms with Crippen LogP contribution in [0.3, 0.4) is 0 Å². The quantitative estimate of drug-likeness (QED) is 0.273. The fourth-order valence-corrected chi connectivity index (χ4v) is 5.77. The Hall–Kier alpha value is -3.88. The second-order valence-corrected chi connectivity index (χ2v) is 10.8. The van der Waals surface area contributed by atoms with Gasteiger partial charge in [-0.3, -0.25) is 0 Å². The van der Waals surface area contributed by atoms with Crippen LogP contribution in [0.25, 0.3) is 45.1 Å². The summed E-state index contributed by atoms with van der Waals surface area (Å²) in [7, 11) is 1.84. The Balaban J connectivity index is 1.25. The molecule has 8 heteroatoms. The third-order valence-electron chi connectivity index (χ3n) is 8.00. The molecule has 3 aromatic carbocycles. The molecule has 0 spiro atoms. The van der Waals surface area contributed by atoms with Crippen molar-refractivity contribution >= 4 is 11.1 Å². The number of aromatic nitrogens is 4. The third-order valence-corrected chi connectivity index (χ3v) is 8.00. The monoisotopic (exact) mass is 523 g/mol. The number of aryl methyl sites for hydroxylation is 1. The standard InChI is InChI=1S/C31H30FN5O2/c1-37-17-34-36-30(37)25-15-22(32)10-11-23(25)20-4-2-5-21(14-20)31-35-27-13-18(16-33-26-6-3-7-28(26)38)12-24(19-8-9-19)29(27)39-31/h2,4-5,10-15,17,19,26,28,33,38H,3,6-9,16H2,1H3/t26-,28+/m1/s1. The van der Waals surface area contributed by atoms with Gasteiger partial charge >= 0.3 is 0 Å². The van der Waals surface area contributed by atoms with Crippen molar-refractivity contribution in [3.63, 3.8) is 0 Å². The molecular weight excluding hydrogens is 493 g/mol. The van der Waals surface area contributed by atoms with E-state index in [4.69, 9.17) is 9.40 Å². The minimum absolute atomic E-state index is 0.151. The van der Waals surface area contributed by atoms with Crippen LogP contribution >= 0.6 is 0 Å². The summed E-state index contributed by atoms with van der Waals surface area (Å²) in [5, 5.41) is 21.9. The molecule has 7 nitrogen and oxygen atoms in total. The average molecular weight is 524 g/mol. The fraction of sp³-hybridized carbons (Fsp3) is 0.323. The van der Waals surface area contributed by atoms with Crippen molar-refractivity contribution in [1.82, 2.24) is 25.1 Å². The van der Waals surface area contributed by atoms with Crippen LogP contribution in [0.5, 0.6) is 0 Å². The molecule has 0 aliphatic heterocycles. The summed E-state index contributed by atoms with van der Waals surface area (Å²) in [6.07, 6.45) is 6.61. The Morgan fingerprint density at radius 3 is 2.67 bits per heavy atom. The van der Waals surface area contributed by atoms with E-state index in [1.807, 2.05) is 31.3 Å². The summed E-state index contributed by atoms with van der Waals surface area (Å²) in [6, 6.07) is 17.2. The maximum atomic E-state index is 14.3. The van der Waals surface area contributed by atoms with E-state index in [9.17, 15) is 9.50 Å². The molecule has 7 rings (SSSR count). The van der Waals surface area contributed by atoms with Crippen LogP contribution in [0.4, 0.5) is 4.39 Å². The first kappa shape index (κ1) is 24.2. The first-order valence-electron chi connectivity index (χ1n) is 13.6. The maximum Gasteiger partial charge on any atom is 0.227 e. The lowest BCUT2D eigenvalue weighted by atomic mass is 9.97. The Morgan fingerprint density at radius 2 is 1.90 bits per heavy atom. The number of halogens is 1. The van der Waals surface area contributed by atoms with Gasteiger partial charge in [-0.2, -0.15) is 0 Å². The molecule has 2 aromatic heterocycles. The molecule has 198 valence electrons. The van der Waals surface area contributed by atoms with Crippen LogP contribution in [-0.2, 0) is 13.6 Å². The summed E-state index contributed by atoms with van der Waals surface area (Å²) in [5.41, 5.74) is 7.37. The fourth-order valence-electron chi connectivity index (χ4n) is 5.77. The van der Waals surface area contributed by atoms with Crippen LogP contribution in [0.1, 0.15) is 49.1 Å². The number of hydrogen-bond donors (Lipinski definition) is 2. The molecule has 2 aliphatic carbocycles. The summed E-state index contributed by atoms with van der Waals surface area (Å²) in [4.78, 5) is 4.91. The minimum atomic E-state index is -0.327. The second kappa shape index (κ2) is 9.70. The Labute approximate surface area is 225 Å². The number of rotatable bonds is 7. The summed E-state index contributed by atoms with van der Waals surface area (Å²) in [6.45, 7) is 0.699. The van der Waals surface area contributed by atoms with E-state index in [1.54, 1.807) is 17.0 Å². The molecule has 2 fully saturated rings. The van der Waals surface area contributed by atoms with E-state index in [1.165, 1.54) is 17.7 Å². The number of hydrogen-bond acceptors (Lipinski definition) is 6. The van der Waals surface area contributed by atoms with Crippen LogP contribution in [0.2, 0.25) is 0 Å². The van der Waals surface area contributed by atoms with Crippen LogP contribution < -0.4 is 5.32 Å². The molecule has 2 atom stereocenters. The van der Waals surface area contributed by atoms with Gasteiger partial charge in [-0.05, 0) is 85.0 Å². The number of oxazole rings is 1. The third kappa shape index (κ3) is 4.64. The molecule has 0 bridgehead atoms. The molecule has 2 aliphatic rings. The van der Waals surface area contributed by atoms with Gasteiger partial charge in [0.05, 0.1) is 6.10 Å². The molecular formula is C31H30FN5O2. The van der Waals surface area contributed by atoms with Crippen molar-refractivity contribution in [1.29, 1.82) is 0 Å². The SMILES string of the molecule is Cn1cnnc1-c1cc(F)ccc1-c1cccc(-c2nc3cc(CN[C@@H]4CCC[C@@H]4O)cc(C4CC4)c3o2)c1. The Morgan fingerprint density at radius 1 is 1.03 bits per heavy atom. The molecule has 0 radical (unpaired) electrons. The van der Waals surface area contributed by atoms with Gasteiger partial charge in [-0.25, -0.2) is 9.37 Å². The zero-order chi connectivity index (χ0) is 26.5. The lowest BCUT2D eigenvalue weighted by Crippen LogP contribution is -2.35. The first-order valence-corrected chi connectivity index (χ1v) is 13.6. The van der Waals surface area contributed by atoms with E-state index in [0.717, 1.165) is 65.5 Å². The lowest BCUT2D eigenvalue weighted by molar-refractivity contribution is 0.148. The summed E-state index contributed by atoms with van der Waals surface area (Å²) < 4.78 is 22.4. The average Bonchev–Trinajstić information content (AvgIpc) is 3.33. The predicted octanol–water partition coefficient (Wildman–Crippen LogP) is 5.98. The van der Waals surface area contributed by atoms with Gasteiger partial charge in [0, 0.05) is 36.3 Å². The van der Waals surface area contributed by atoms with E-state index in [0.29, 0.717) is 29.7 Å². The highest BCUT2D eigenvalue weighted by atomic mass is 19.1. The van der Waals surface area contributed by atoms with E-state index in [-0.39, 0.29) is 18.0 Å². The topological polar surface area (TPSA) is 89.0 Å². The highest BCUT2D eigenvalue weighted by Crippen LogP contribution is 2.44. The van der Waals surface area contributed by atoms with Crippen molar-refractivity contribution < 1.29 is 13.9 Å². The second-order valence-electron chi connectivity index (χ2n) is 10.8. The van der Waals surface area contributed by atoms with Crippen LogP contribution in [-0.4, -0.2) is 37.0 Å². The predicted molar refractivity (Wildman–Crippen MR) is 147 cm³/mol. The number of fused-ring (bicyclic) bond motifs is 1. The largest absolute Gasteiger partial charge is 0.436 e. The van der Waals surface area contributed by atoms with Gasteiger partial charge < -0.3 is 19.4 Å². The summed E-state index contributed by atoms with van der Waals surface area (Å²) in [5.74, 6) is 1.33. The van der Waals surface area contributed by atoms with Gasteiger partial charge in [0.1, 0.15) is 17.7 Å². The van der Waals surface area contributed by atoms with Crippen LogP contribution in [0, 0.1) is 5.82 Å². The number of aliphatic hydroxyl groups is 1. The molecule has 2 N–H and O–H groups in total. The van der Waals surface area contributed by atoms with Crippen molar-refractivity contribution in [2.45, 2.75) is 56.7 Å². The maximum absolute atomic E-state index is 14.3. The van der Waals surface area contributed by atoms with Crippen molar-refractivity contribution in [3.8, 4) is 34.0 Å². The van der Waals surface area contributed by atoms with Crippen molar-refractivity contribution in [3.05, 3.63) is 77.9 Å². The van der Waals surface area contributed by atoms with Gasteiger partial charge in [0.2, 0.25) is 5.89 Å². The molecule has 0 saturated heterocycles. The van der Waals surface area contributed by atoms with E-state index in [2.05, 4.69) is 27.6 Å². The van der Waals surface area contributed by atoms with Crippen molar-refractivity contribution in [2.24, 2.45) is 7.05 Å². The first-order chi connectivity index (χ1) is 19.0. The van der Waals surface area contributed by atoms with Crippen molar-refractivity contribution in [2.75, 3.05) is 0 Å².